The van der Waals surface area contributed by atoms with Crippen LogP contribution in [0.4, 0.5) is 5.13 Å². The highest BCUT2D eigenvalue weighted by atomic mass is 35.5. The van der Waals surface area contributed by atoms with Crippen molar-refractivity contribution in [3.8, 4) is 10.7 Å². The topological polar surface area (TPSA) is 67.6 Å². The Balaban J connectivity index is 2.21. The van der Waals surface area contributed by atoms with Gasteiger partial charge in [-0.25, -0.2) is 9.97 Å². The van der Waals surface area contributed by atoms with E-state index in [1.807, 2.05) is 25.1 Å². The van der Waals surface area contributed by atoms with E-state index < -0.39 is 0 Å². The van der Waals surface area contributed by atoms with Crippen molar-refractivity contribution in [1.82, 2.24) is 15.0 Å². The van der Waals surface area contributed by atoms with Gasteiger partial charge < -0.3 is 10.7 Å². The van der Waals surface area contributed by atoms with Gasteiger partial charge in [-0.2, -0.15) is 0 Å². The van der Waals surface area contributed by atoms with Gasteiger partial charge in [-0.05, 0) is 25.1 Å². The van der Waals surface area contributed by atoms with Crippen molar-refractivity contribution in [2.24, 2.45) is 0 Å². The third-order valence-electron chi connectivity index (χ3n) is 2.47. The van der Waals surface area contributed by atoms with Crippen LogP contribution in [0.25, 0.3) is 21.7 Å². The van der Waals surface area contributed by atoms with E-state index in [-0.39, 0.29) is 0 Å². The number of imidazole rings is 1. The van der Waals surface area contributed by atoms with E-state index in [0.29, 0.717) is 10.2 Å². The fourth-order valence-corrected chi connectivity index (χ4v) is 2.68. The predicted octanol–water partition coefficient (Wildman–Crippen LogP) is 3.23. The molecule has 4 nitrogen and oxygen atoms in total. The minimum Gasteiger partial charge on any atom is -0.375 e. The van der Waals surface area contributed by atoms with E-state index >= 15 is 0 Å². The fraction of sp³-hybridized carbons (Fsp3) is 0.0909. The van der Waals surface area contributed by atoms with E-state index in [9.17, 15) is 0 Å². The number of benzene rings is 1. The molecule has 2 aromatic heterocycles. The number of nitrogen functional groups attached to an aromatic ring is 1. The third kappa shape index (κ3) is 1.77. The van der Waals surface area contributed by atoms with E-state index in [0.717, 1.165) is 27.4 Å². The Bertz CT molecular complexity index is 701. The quantitative estimate of drug-likeness (QED) is 0.709. The fourth-order valence-electron chi connectivity index (χ4n) is 1.73. The maximum Gasteiger partial charge on any atom is 0.180 e. The molecule has 0 aliphatic heterocycles. The summed E-state index contributed by atoms with van der Waals surface area (Å²) in [6.45, 7) is 1.92. The number of fused-ring (bicyclic) bond motifs is 1. The molecule has 17 heavy (non-hydrogen) atoms. The lowest BCUT2D eigenvalue weighted by Gasteiger charge is -1.90. The summed E-state index contributed by atoms with van der Waals surface area (Å²) in [5.41, 5.74) is 8.37. The minimum atomic E-state index is 0.552. The number of nitrogens with zero attached hydrogens (tertiary/aromatic N) is 2. The predicted molar refractivity (Wildman–Crippen MR) is 71.4 cm³/mol. The van der Waals surface area contributed by atoms with Crippen molar-refractivity contribution in [2.75, 3.05) is 5.73 Å². The van der Waals surface area contributed by atoms with Crippen LogP contribution in [-0.2, 0) is 0 Å². The number of aryl methyl sites for hydroxylation is 1. The Labute approximate surface area is 106 Å². The van der Waals surface area contributed by atoms with Gasteiger partial charge >= 0.3 is 0 Å². The van der Waals surface area contributed by atoms with Crippen molar-refractivity contribution in [3.05, 3.63) is 28.9 Å². The SMILES string of the molecule is Cc1nc(N)sc1-c1nc2ccc(Cl)cc2[nH]1. The second kappa shape index (κ2) is 3.72. The number of nitrogens with one attached hydrogen (secondary N) is 1. The van der Waals surface area contributed by atoms with Gasteiger partial charge in [-0.15, -0.1) is 0 Å². The molecule has 0 atom stereocenters. The van der Waals surface area contributed by atoms with Gasteiger partial charge in [0, 0.05) is 5.02 Å². The maximum absolute atomic E-state index is 5.93. The van der Waals surface area contributed by atoms with Crippen LogP contribution in [0.3, 0.4) is 0 Å². The largest absolute Gasteiger partial charge is 0.375 e. The summed E-state index contributed by atoms with van der Waals surface area (Å²) in [5, 5.41) is 1.24. The van der Waals surface area contributed by atoms with Crippen LogP contribution in [-0.4, -0.2) is 15.0 Å². The van der Waals surface area contributed by atoms with Crippen molar-refractivity contribution in [3.63, 3.8) is 0 Å². The van der Waals surface area contributed by atoms with Crippen LogP contribution in [0, 0.1) is 6.92 Å². The highest BCUT2D eigenvalue weighted by Gasteiger charge is 2.12. The van der Waals surface area contributed by atoms with Crippen LogP contribution < -0.4 is 5.73 Å². The van der Waals surface area contributed by atoms with Gasteiger partial charge in [-0.3, -0.25) is 0 Å². The summed E-state index contributed by atoms with van der Waals surface area (Å²) in [5.74, 6) is 0.786. The smallest absolute Gasteiger partial charge is 0.180 e. The molecule has 0 bridgehead atoms. The van der Waals surface area contributed by atoms with E-state index in [2.05, 4.69) is 15.0 Å². The van der Waals surface area contributed by atoms with Gasteiger partial charge in [-0.1, -0.05) is 22.9 Å². The van der Waals surface area contributed by atoms with Crippen LogP contribution in [0.5, 0.6) is 0 Å². The van der Waals surface area contributed by atoms with E-state index in [1.54, 1.807) is 0 Å². The van der Waals surface area contributed by atoms with Gasteiger partial charge in [0.05, 0.1) is 21.6 Å². The summed E-state index contributed by atoms with van der Waals surface area (Å²) < 4.78 is 0. The van der Waals surface area contributed by atoms with Gasteiger partial charge in [0.2, 0.25) is 0 Å². The Morgan fingerprint density at radius 1 is 1.35 bits per heavy atom. The number of hydrogen-bond acceptors (Lipinski definition) is 4. The molecule has 1 aromatic carbocycles. The number of halogens is 1. The first-order valence-electron chi connectivity index (χ1n) is 5.02. The second-order valence-corrected chi connectivity index (χ2v) is 5.18. The van der Waals surface area contributed by atoms with Crippen LogP contribution in [0.15, 0.2) is 18.2 Å². The van der Waals surface area contributed by atoms with Crippen LogP contribution >= 0.6 is 22.9 Å². The third-order valence-corrected chi connectivity index (χ3v) is 3.70. The molecular formula is C11H9ClN4S. The Hall–Kier alpha value is -1.59. The molecule has 86 valence electrons. The zero-order chi connectivity index (χ0) is 12.0. The second-order valence-electron chi connectivity index (χ2n) is 3.71. The van der Waals surface area contributed by atoms with E-state index in [1.165, 1.54) is 11.3 Å². The number of aromatic amines is 1. The molecule has 0 saturated carbocycles. The highest BCUT2D eigenvalue weighted by molar-refractivity contribution is 7.18. The molecule has 0 unspecified atom stereocenters. The zero-order valence-electron chi connectivity index (χ0n) is 8.99. The summed E-state index contributed by atoms with van der Waals surface area (Å²) in [6, 6.07) is 5.56. The van der Waals surface area contributed by atoms with Crippen LogP contribution in [0.1, 0.15) is 5.69 Å². The first-order chi connectivity index (χ1) is 8.13. The average molecular weight is 265 g/mol. The first-order valence-corrected chi connectivity index (χ1v) is 6.21. The molecule has 0 fully saturated rings. The molecule has 0 amide bonds. The molecule has 6 heteroatoms. The Morgan fingerprint density at radius 3 is 2.88 bits per heavy atom. The van der Waals surface area contributed by atoms with Crippen molar-refractivity contribution < 1.29 is 0 Å². The molecule has 2 heterocycles. The number of rotatable bonds is 1. The summed E-state index contributed by atoms with van der Waals surface area (Å²) >= 11 is 7.36. The highest BCUT2D eigenvalue weighted by Crippen LogP contribution is 2.31. The molecule has 0 aliphatic rings. The molecule has 0 aliphatic carbocycles. The standard InChI is InChI=1S/C11H9ClN4S/c1-5-9(17-11(13)14-5)10-15-7-3-2-6(12)4-8(7)16-10/h2-4H,1H3,(H2,13,14)(H,15,16). The number of aromatic nitrogens is 3. The lowest BCUT2D eigenvalue weighted by molar-refractivity contribution is 1.25. The van der Waals surface area contributed by atoms with Crippen molar-refractivity contribution >= 4 is 39.1 Å². The van der Waals surface area contributed by atoms with E-state index in [4.69, 9.17) is 17.3 Å². The zero-order valence-corrected chi connectivity index (χ0v) is 10.6. The summed E-state index contributed by atoms with van der Waals surface area (Å²) in [7, 11) is 0. The number of anilines is 1. The average Bonchev–Trinajstić information content (AvgIpc) is 2.80. The number of thiazole rings is 1. The molecule has 0 saturated heterocycles. The number of hydrogen-bond donors (Lipinski definition) is 2. The monoisotopic (exact) mass is 264 g/mol. The minimum absolute atomic E-state index is 0.552. The van der Waals surface area contributed by atoms with Crippen LogP contribution in [0.2, 0.25) is 5.02 Å². The molecule has 0 radical (unpaired) electrons. The molecule has 3 rings (SSSR count). The van der Waals surface area contributed by atoms with Crippen molar-refractivity contribution in [2.45, 2.75) is 6.92 Å². The van der Waals surface area contributed by atoms with Gasteiger partial charge in [0.25, 0.3) is 0 Å². The number of H-pyrrole nitrogens is 1. The normalized spacial score (nSPS) is 11.2. The number of nitrogens with two attached hydrogens (primary N) is 1. The Kier molecular flexibility index (Phi) is 2.31. The van der Waals surface area contributed by atoms with Gasteiger partial charge in [0.1, 0.15) is 0 Å². The first kappa shape index (κ1) is 10.6. The lowest BCUT2D eigenvalue weighted by Crippen LogP contribution is -1.81. The van der Waals surface area contributed by atoms with Crippen molar-refractivity contribution in [1.29, 1.82) is 0 Å². The summed E-state index contributed by atoms with van der Waals surface area (Å²) in [4.78, 5) is 12.9. The summed E-state index contributed by atoms with van der Waals surface area (Å²) in [6.07, 6.45) is 0. The molecular weight excluding hydrogens is 256 g/mol. The van der Waals surface area contributed by atoms with Gasteiger partial charge in [0.15, 0.2) is 11.0 Å². The Morgan fingerprint density at radius 2 is 2.18 bits per heavy atom. The lowest BCUT2D eigenvalue weighted by atomic mass is 10.3. The molecule has 3 aromatic rings. The molecule has 0 spiro atoms. The molecule has 3 N–H and O–H groups in total. The maximum atomic E-state index is 5.93.